The molecule has 0 aromatic carbocycles. The molecule has 2 aliphatic heterocycles. The number of pyridine rings is 1. The van der Waals surface area contributed by atoms with E-state index in [1.165, 1.54) is 0 Å². The Hall–Kier alpha value is -2.69. The van der Waals surface area contributed by atoms with Crippen LogP contribution in [0.5, 0.6) is 0 Å². The molecule has 1 aromatic heterocycles. The maximum atomic E-state index is 12.7. The molecular formula is C19H25F3N4O4. The highest BCUT2D eigenvalue weighted by atomic mass is 19.4. The number of alkyl halides is 3. The molecule has 0 spiro atoms. The first-order valence-corrected chi connectivity index (χ1v) is 9.40. The van der Waals surface area contributed by atoms with Crippen molar-refractivity contribution in [1.82, 2.24) is 19.7 Å². The van der Waals surface area contributed by atoms with Gasteiger partial charge in [-0.05, 0) is 24.5 Å². The van der Waals surface area contributed by atoms with E-state index in [2.05, 4.69) is 9.88 Å². The summed E-state index contributed by atoms with van der Waals surface area (Å²) in [4.78, 5) is 43.4. The fourth-order valence-corrected chi connectivity index (χ4v) is 3.51. The van der Waals surface area contributed by atoms with E-state index < -0.39 is 12.1 Å². The number of carbonyl (C=O) groups is 3. The van der Waals surface area contributed by atoms with E-state index in [1.54, 1.807) is 30.1 Å². The highest BCUT2D eigenvalue weighted by Gasteiger charge is 2.43. The van der Waals surface area contributed by atoms with Gasteiger partial charge in [-0.15, -0.1) is 0 Å². The Labute approximate surface area is 172 Å². The summed E-state index contributed by atoms with van der Waals surface area (Å²) >= 11 is 0. The van der Waals surface area contributed by atoms with Crippen molar-refractivity contribution in [2.45, 2.75) is 19.1 Å². The summed E-state index contributed by atoms with van der Waals surface area (Å²) < 4.78 is 31.7. The summed E-state index contributed by atoms with van der Waals surface area (Å²) in [5.41, 5.74) is 1.04. The molecule has 1 aromatic rings. The zero-order valence-electron chi connectivity index (χ0n) is 16.8. The van der Waals surface area contributed by atoms with Crippen LogP contribution in [-0.2, 0) is 20.9 Å². The molecule has 2 atom stereocenters. The van der Waals surface area contributed by atoms with E-state index >= 15 is 0 Å². The molecule has 8 nitrogen and oxygen atoms in total. The Bertz CT molecular complexity index is 758. The molecule has 3 rings (SSSR count). The Morgan fingerprint density at radius 3 is 2.47 bits per heavy atom. The minimum Gasteiger partial charge on any atom is -0.475 e. The smallest absolute Gasteiger partial charge is 0.475 e. The number of halogens is 3. The number of likely N-dealkylation sites (N-methyl/N-ethyl adjacent to an activating group) is 1. The maximum Gasteiger partial charge on any atom is 0.490 e. The van der Waals surface area contributed by atoms with Gasteiger partial charge in [0.25, 0.3) is 0 Å². The van der Waals surface area contributed by atoms with Gasteiger partial charge in [0, 0.05) is 46.5 Å². The summed E-state index contributed by atoms with van der Waals surface area (Å²) in [6.45, 7) is 3.40. The van der Waals surface area contributed by atoms with Crippen LogP contribution >= 0.6 is 0 Å². The van der Waals surface area contributed by atoms with Crippen LogP contribution in [0.1, 0.15) is 12.1 Å². The quantitative estimate of drug-likeness (QED) is 0.769. The number of amides is 2. The van der Waals surface area contributed by atoms with Gasteiger partial charge in [-0.1, -0.05) is 6.07 Å². The number of aromatic nitrogens is 1. The summed E-state index contributed by atoms with van der Waals surface area (Å²) in [6, 6.07) is 5.92. The van der Waals surface area contributed by atoms with Gasteiger partial charge in [0.05, 0.1) is 18.2 Å². The van der Waals surface area contributed by atoms with Gasteiger partial charge < -0.3 is 14.9 Å². The highest BCUT2D eigenvalue weighted by Crippen LogP contribution is 2.32. The van der Waals surface area contributed by atoms with E-state index in [0.717, 1.165) is 31.7 Å². The number of hydrogen-bond donors (Lipinski definition) is 1. The van der Waals surface area contributed by atoms with Gasteiger partial charge in [-0.3, -0.25) is 19.5 Å². The van der Waals surface area contributed by atoms with Gasteiger partial charge in [-0.25, -0.2) is 4.79 Å². The molecule has 1 N–H and O–H groups in total. The number of likely N-dealkylation sites (tertiary alicyclic amines) is 2. The lowest BCUT2D eigenvalue weighted by Crippen LogP contribution is -2.49. The van der Waals surface area contributed by atoms with E-state index in [4.69, 9.17) is 9.90 Å². The van der Waals surface area contributed by atoms with E-state index in [0.29, 0.717) is 12.5 Å². The van der Waals surface area contributed by atoms with Crippen molar-refractivity contribution in [3.63, 3.8) is 0 Å². The van der Waals surface area contributed by atoms with Crippen LogP contribution in [0.3, 0.4) is 0 Å². The average molecular weight is 430 g/mol. The summed E-state index contributed by atoms with van der Waals surface area (Å²) in [5, 5.41) is 7.12. The van der Waals surface area contributed by atoms with E-state index in [-0.39, 0.29) is 24.3 Å². The second-order valence-corrected chi connectivity index (χ2v) is 7.52. The molecule has 30 heavy (non-hydrogen) atoms. The first-order chi connectivity index (χ1) is 14.0. The Morgan fingerprint density at radius 1 is 1.27 bits per heavy atom. The second-order valence-electron chi connectivity index (χ2n) is 7.52. The zero-order valence-corrected chi connectivity index (χ0v) is 16.8. The predicted molar refractivity (Wildman–Crippen MR) is 100 cm³/mol. The molecule has 3 heterocycles. The lowest BCUT2D eigenvalue weighted by Gasteiger charge is -2.34. The maximum absolute atomic E-state index is 12.7. The van der Waals surface area contributed by atoms with Gasteiger partial charge in [0.2, 0.25) is 11.8 Å². The third-order valence-corrected chi connectivity index (χ3v) is 5.09. The van der Waals surface area contributed by atoms with E-state index in [1.807, 2.05) is 18.2 Å². The minimum atomic E-state index is -5.08. The number of rotatable bonds is 4. The average Bonchev–Trinajstić information content (AvgIpc) is 3.08. The summed E-state index contributed by atoms with van der Waals surface area (Å²) in [6.07, 6.45) is -2.30. The predicted octanol–water partition coefficient (Wildman–Crippen LogP) is 1.08. The van der Waals surface area contributed by atoms with Gasteiger partial charge in [0.1, 0.15) is 0 Å². The van der Waals surface area contributed by atoms with Crippen LogP contribution in [0.15, 0.2) is 24.4 Å². The van der Waals surface area contributed by atoms with Crippen LogP contribution in [0.2, 0.25) is 0 Å². The lowest BCUT2D eigenvalue weighted by atomic mass is 9.88. The SMILES string of the molecule is CN(C)C(=O)CN1CC[C@H]2CN(Cc3ccccn3)C[C@@H]2C1=O.O=C(O)C(F)(F)F. The second kappa shape index (κ2) is 9.88. The molecule has 2 saturated heterocycles. The molecule has 0 radical (unpaired) electrons. The van der Waals surface area contributed by atoms with Crippen molar-refractivity contribution in [3.05, 3.63) is 30.1 Å². The lowest BCUT2D eigenvalue weighted by molar-refractivity contribution is -0.192. The number of carbonyl (C=O) groups excluding carboxylic acids is 2. The first-order valence-electron chi connectivity index (χ1n) is 9.40. The van der Waals surface area contributed by atoms with Gasteiger partial charge in [0.15, 0.2) is 0 Å². The minimum absolute atomic E-state index is 0.0138. The Balaban J connectivity index is 0.000000396. The van der Waals surface area contributed by atoms with Crippen molar-refractivity contribution >= 4 is 17.8 Å². The van der Waals surface area contributed by atoms with Crippen LogP contribution in [0.25, 0.3) is 0 Å². The van der Waals surface area contributed by atoms with E-state index in [9.17, 15) is 22.8 Å². The number of hydrogen-bond acceptors (Lipinski definition) is 5. The third-order valence-electron chi connectivity index (χ3n) is 5.09. The van der Waals surface area contributed by atoms with Crippen LogP contribution < -0.4 is 0 Å². The number of fused-ring (bicyclic) bond motifs is 1. The highest BCUT2D eigenvalue weighted by molar-refractivity contribution is 5.86. The van der Waals surface area contributed by atoms with Crippen molar-refractivity contribution < 1.29 is 32.7 Å². The molecule has 11 heteroatoms. The summed E-state index contributed by atoms with van der Waals surface area (Å²) in [5.74, 6) is -2.19. The van der Waals surface area contributed by atoms with Gasteiger partial charge >= 0.3 is 12.1 Å². The third kappa shape index (κ3) is 6.41. The zero-order chi connectivity index (χ0) is 22.5. The molecule has 2 fully saturated rings. The fourth-order valence-electron chi connectivity index (χ4n) is 3.51. The molecule has 2 aliphatic rings. The number of aliphatic carboxylic acids is 1. The van der Waals surface area contributed by atoms with Crippen molar-refractivity contribution in [2.75, 3.05) is 40.3 Å². The first kappa shape index (κ1) is 23.6. The molecule has 2 amide bonds. The number of carboxylic acid groups (broad SMARTS) is 1. The number of nitrogens with zero attached hydrogens (tertiary/aromatic N) is 4. The van der Waals surface area contributed by atoms with Crippen molar-refractivity contribution in [1.29, 1.82) is 0 Å². The van der Waals surface area contributed by atoms with Crippen LogP contribution in [0.4, 0.5) is 13.2 Å². The standard InChI is InChI=1S/C17H24N4O2.C2HF3O2/c1-19(2)16(22)12-21-8-6-13-9-20(11-15(13)17(21)23)10-14-5-3-4-7-18-14;3-2(4,5)1(6)7/h3-5,7,13,15H,6,8-12H2,1-2H3;(H,6,7)/t13-,15-;/m0./s1. The monoisotopic (exact) mass is 430 g/mol. The number of piperidine rings is 1. The Kier molecular flexibility index (Phi) is 7.77. The number of carboxylic acids is 1. The topological polar surface area (TPSA) is 94.1 Å². The normalized spacial score (nSPS) is 21.5. The van der Waals surface area contributed by atoms with Crippen LogP contribution in [0, 0.1) is 11.8 Å². The fraction of sp³-hybridized carbons (Fsp3) is 0.579. The van der Waals surface area contributed by atoms with Crippen molar-refractivity contribution in [3.8, 4) is 0 Å². The summed E-state index contributed by atoms with van der Waals surface area (Å²) in [7, 11) is 3.45. The molecule has 0 aliphatic carbocycles. The van der Waals surface area contributed by atoms with Crippen LogP contribution in [-0.4, -0.2) is 89.0 Å². The molecular weight excluding hydrogens is 405 g/mol. The van der Waals surface area contributed by atoms with Gasteiger partial charge in [-0.2, -0.15) is 13.2 Å². The molecule has 166 valence electrons. The molecule has 0 unspecified atom stereocenters. The Morgan fingerprint density at radius 2 is 1.93 bits per heavy atom. The molecule has 0 bridgehead atoms. The van der Waals surface area contributed by atoms with Crippen molar-refractivity contribution in [2.24, 2.45) is 11.8 Å². The molecule has 0 saturated carbocycles. The largest absolute Gasteiger partial charge is 0.490 e.